The van der Waals surface area contributed by atoms with Crippen LogP contribution in [0.2, 0.25) is 0 Å². The van der Waals surface area contributed by atoms with Gasteiger partial charge in [-0.15, -0.1) is 0 Å². The zero-order chi connectivity index (χ0) is 3.58. The minimum atomic E-state index is 0. The minimum absolute atomic E-state index is 0. The number of halogens is 1. The molecule has 0 fully saturated rings. The van der Waals surface area contributed by atoms with Crippen LogP contribution in [0.25, 0.3) is 0 Å². The van der Waals surface area contributed by atoms with Gasteiger partial charge in [0.15, 0.2) is 0 Å². The summed E-state index contributed by atoms with van der Waals surface area (Å²) in [6, 6.07) is 0. The van der Waals surface area contributed by atoms with E-state index in [0.717, 1.165) is 0 Å². The summed E-state index contributed by atoms with van der Waals surface area (Å²) >= 11 is 0. The monoisotopic (exact) mass is 133 g/mol. The average Bonchev–Trinajstić information content (AvgIpc) is 0.811. The molecule has 0 aliphatic rings. The Kier molecular flexibility index (Phi) is 55.0. The largest absolute Gasteiger partial charge is 2.00 e. The first-order chi connectivity index (χ1) is 1.73. The van der Waals surface area contributed by atoms with E-state index in [-0.39, 0.29) is 41.6 Å². The maximum atomic E-state index is 2.08. The van der Waals surface area contributed by atoms with Crippen LogP contribution < -0.4 is 18.6 Å². The molecule has 0 aromatic heterocycles. The van der Waals surface area contributed by atoms with Gasteiger partial charge in [0.25, 0.3) is 0 Å². The van der Waals surface area contributed by atoms with Crippen molar-refractivity contribution >= 4 is 23.1 Å². The summed E-state index contributed by atoms with van der Waals surface area (Å²) in [6.07, 6.45) is 0. The second-order valence-corrected chi connectivity index (χ2v) is 1.50. The standard InChI is InChI=1S/C4H9.ClH.Mg.H3N/c1-4(2)3;;;/h1-3H3;1H;;1H3/q-1;;+2;/p-1. The Hall–Kier alpha value is 1.02. The van der Waals surface area contributed by atoms with Crippen molar-refractivity contribution in [3.05, 3.63) is 5.92 Å². The topological polar surface area (TPSA) is 35.0 Å². The molecule has 0 heterocycles. The van der Waals surface area contributed by atoms with Gasteiger partial charge in [0, 0.05) is 0 Å². The van der Waals surface area contributed by atoms with Gasteiger partial charge in [-0.3, -0.25) is 0 Å². The molecule has 42 valence electrons. The molecule has 0 amide bonds. The normalized spacial score (nSPS) is 5.14. The van der Waals surface area contributed by atoms with Crippen LogP contribution in [-0.2, 0) is 0 Å². The van der Waals surface area contributed by atoms with E-state index in [9.17, 15) is 0 Å². The van der Waals surface area contributed by atoms with E-state index in [1.54, 1.807) is 0 Å². The fraction of sp³-hybridized carbons (Fsp3) is 0.750. The van der Waals surface area contributed by atoms with Gasteiger partial charge in [0.1, 0.15) is 0 Å². The molecule has 0 atom stereocenters. The molecule has 0 bridgehead atoms. The Morgan fingerprint density at radius 3 is 1.00 bits per heavy atom. The van der Waals surface area contributed by atoms with Crippen molar-refractivity contribution in [1.82, 2.24) is 6.15 Å². The molecule has 1 nitrogen and oxygen atoms in total. The molecule has 0 aromatic rings. The molecule has 0 rings (SSSR count). The minimum Gasteiger partial charge on any atom is -1.00 e. The predicted molar refractivity (Wildman–Crippen MR) is 31.0 cm³/mol. The molecule has 3 N–H and O–H groups in total. The Labute approximate surface area is 68.4 Å². The summed E-state index contributed by atoms with van der Waals surface area (Å²) in [4.78, 5) is 0. The summed E-state index contributed by atoms with van der Waals surface area (Å²) in [5.74, 6) is 1.42. The first-order valence-electron chi connectivity index (χ1n) is 1.50. The van der Waals surface area contributed by atoms with Crippen molar-refractivity contribution in [2.75, 3.05) is 0 Å². The van der Waals surface area contributed by atoms with Crippen LogP contribution >= 0.6 is 0 Å². The first kappa shape index (κ1) is 24.5. The number of hydrogen-bond acceptors (Lipinski definition) is 1. The van der Waals surface area contributed by atoms with E-state index in [2.05, 4.69) is 20.8 Å². The van der Waals surface area contributed by atoms with Crippen LogP contribution in [0.4, 0.5) is 0 Å². The molecular formula is C4H12ClMgN. The van der Waals surface area contributed by atoms with E-state index in [4.69, 9.17) is 0 Å². The number of rotatable bonds is 0. The van der Waals surface area contributed by atoms with E-state index >= 15 is 0 Å². The fourth-order valence-electron chi connectivity index (χ4n) is 0. The first-order valence-corrected chi connectivity index (χ1v) is 1.50. The fourth-order valence-corrected chi connectivity index (χ4v) is 0. The summed E-state index contributed by atoms with van der Waals surface area (Å²) < 4.78 is 0. The SMILES string of the molecule is C[C-](C)C.N.[Cl-].[Mg+2]. The second kappa shape index (κ2) is 15.7. The van der Waals surface area contributed by atoms with Gasteiger partial charge in [-0.05, 0) is 0 Å². The van der Waals surface area contributed by atoms with E-state index in [0.29, 0.717) is 0 Å². The zero-order valence-corrected chi connectivity index (χ0v) is 7.46. The predicted octanol–water partition coefficient (Wildman–Crippen LogP) is -1.59. The van der Waals surface area contributed by atoms with Crippen LogP contribution in [0, 0.1) is 5.92 Å². The third-order valence-corrected chi connectivity index (χ3v) is 0. The maximum absolute atomic E-state index is 2.08. The van der Waals surface area contributed by atoms with E-state index < -0.39 is 0 Å². The molecule has 0 saturated heterocycles. The van der Waals surface area contributed by atoms with Gasteiger partial charge in [0.2, 0.25) is 0 Å². The Balaban J connectivity index is -0.0000000150. The molecule has 0 spiro atoms. The van der Waals surface area contributed by atoms with Crippen molar-refractivity contribution in [3.63, 3.8) is 0 Å². The summed E-state index contributed by atoms with van der Waals surface area (Å²) in [7, 11) is 0. The van der Waals surface area contributed by atoms with E-state index in [1.807, 2.05) is 0 Å². The molecule has 0 unspecified atom stereocenters. The molecule has 0 aliphatic carbocycles. The summed E-state index contributed by atoms with van der Waals surface area (Å²) in [6.45, 7) is 6.25. The Morgan fingerprint density at radius 1 is 1.00 bits per heavy atom. The Morgan fingerprint density at radius 2 is 1.00 bits per heavy atom. The smallest absolute Gasteiger partial charge is 1.00 e. The Bertz CT molecular complexity index is 16.4. The van der Waals surface area contributed by atoms with Crippen LogP contribution in [0.1, 0.15) is 20.8 Å². The molecule has 0 aliphatic heterocycles. The molecule has 7 heavy (non-hydrogen) atoms. The molecule has 0 saturated carbocycles. The molecule has 3 heteroatoms. The molecule has 0 radical (unpaired) electrons. The number of hydrogen-bond donors (Lipinski definition) is 1. The third-order valence-electron chi connectivity index (χ3n) is 0. The van der Waals surface area contributed by atoms with Crippen molar-refractivity contribution in [2.45, 2.75) is 20.8 Å². The summed E-state index contributed by atoms with van der Waals surface area (Å²) in [5, 5.41) is 0. The van der Waals surface area contributed by atoms with Crippen LogP contribution in [0.3, 0.4) is 0 Å². The van der Waals surface area contributed by atoms with Crippen molar-refractivity contribution in [1.29, 1.82) is 0 Å². The van der Waals surface area contributed by atoms with Crippen LogP contribution in [0.5, 0.6) is 0 Å². The second-order valence-electron chi connectivity index (χ2n) is 1.50. The van der Waals surface area contributed by atoms with Gasteiger partial charge in [-0.25, -0.2) is 0 Å². The van der Waals surface area contributed by atoms with Gasteiger partial charge in [-0.1, -0.05) is 0 Å². The van der Waals surface area contributed by atoms with Crippen molar-refractivity contribution in [3.8, 4) is 0 Å². The van der Waals surface area contributed by atoms with Crippen LogP contribution in [-0.4, -0.2) is 23.1 Å². The molecular weight excluding hydrogens is 122 g/mol. The van der Waals surface area contributed by atoms with Crippen LogP contribution in [0.15, 0.2) is 0 Å². The quantitative estimate of drug-likeness (QED) is 0.314. The van der Waals surface area contributed by atoms with Gasteiger partial charge >= 0.3 is 23.1 Å². The van der Waals surface area contributed by atoms with Gasteiger partial charge < -0.3 is 24.5 Å². The van der Waals surface area contributed by atoms with E-state index in [1.165, 1.54) is 5.92 Å². The van der Waals surface area contributed by atoms with Crippen molar-refractivity contribution < 1.29 is 12.4 Å². The average molecular weight is 134 g/mol. The third kappa shape index (κ3) is 171. The van der Waals surface area contributed by atoms with Gasteiger partial charge in [0.05, 0.1) is 0 Å². The maximum Gasteiger partial charge on any atom is 2.00 e. The zero-order valence-electron chi connectivity index (χ0n) is 5.29. The summed E-state index contributed by atoms with van der Waals surface area (Å²) in [5.41, 5.74) is 0. The molecule has 0 aromatic carbocycles. The van der Waals surface area contributed by atoms with Gasteiger partial charge in [-0.2, -0.15) is 20.8 Å². The van der Waals surface area contributed by atoms with Crippen molar-refractivity contribution in [2.24, 2.45) is 0 Å².